The van der Waals surface area contributed by atoms with Gasteiger partial charge < -0.3 is 14.1 Å². The van der Waals surface area contributed by atoms with Crippen LogP contribution in [0.1, 0.15) is 50.9 Å². The average Bonchev–Trinajstić information content (AvgIpc) is 3.13. The molecule has 6 nitrogen and oxygen atoms in total. The number of aromatic nitrogens is 1. The van der Waals surface area contributed by atoms with E-state index in [2.05, 4.69) is 20.8 Å². The molecule has 2 atom stereocenters. The number of carbonyl (C=O) groups is 1. The van der Waals surface area contributed by atoms with E-state index in [0.29, 0.717) is 6.42 Å². The molecule has 1 N–H and O–H groups in total. The Morgan fingerprint density at radius 3 is 1.90 bits per heavy atom. The van der Waals surface area contributed by atoms with Crippen molar-refractivity contribution in [2.45, 2.75) is 58.6 Å². The number of halogens is 1. The Morgan fingerprint density at radius 1 is 0.885 bits per heavy atom. The van der Waals surface area contributed by atoms with Crippen LogP contribution < -0.4 is 10.4 Å². The van der Waals surface area contributed by atoms with E-state index >= 15 is 0 Å². The zero-order valence-electron chi connectivity index (χ0n) is 30.7. The van der Waals surface area contributed by atoms with Gasteiger partial charge in [-0.1, -0.05) is 131 Å². The van der Waals surface area contributed by atoms with E-state index in [-0.39, 0.29) is 18.4 Å². The molecule has 0 saturated carbocycles. The summed E-state index contributed by atoms with van der Waals surface area (Å²) >= 11 is 0. The van der Waals surface area contributed by atoms with Crippen molar-refractivity contribution in [3.8, 4) is 22.4 Å². The van der Waals surface area contributed by atoms with Gasteiger partial charge in [-0.2, -0.15) is 0 Å². The summed E-state index contributed by atoms with van der Waals surface area (Å²) in [4.78, 5) is 17.5. The van der Waals surface area contributed by atoms with Crippen molar-refractivity contribution in [3.05, 3.63) is 144 Å². The standard InChI is InChI=1S/C43H47FNO5PSi/c1-7-39-38(41(32-23-25-34(44)26-24-32)31(2)42(45-39)33-17-11-8-12-18-33)27-28-51(48,49-6)30-35(29-40(46)47)50-52(43(3,4)5,36-19-13-9-14-20-36)37-21-15-10-16-22-37/h8-28,35H,7,29-30H2,1-6H3,(H,46,47)/t35-,51?/m0/s1. The number of aliphatic carboxylic acids is 1. The number of carboxylic acid groups (broad SMARTS) is 1. The summed E-state index contributed by atoms with van der Waals surface area (Å²) in [6.45, 7) is 10.3. The Bertz CT molecular complexity index is 2010. The number of rotatable bonds is 14. The second-order valence-electron chi connectivity index (χ2n) is 14.0. The minimum atomic E-state index is -3.67. The van der Waals surface area contributed by atoms with Crippen LogP contribution in [0.3, 0.4) is 0 Å². The van der Waals surface area contributed by atoms with Crippen LogP contribution in [0, 0.1) is 12.7 Å². The molecule has 0 spiro atoms. The zero-order chi connectivity index (χ0) is 37.5. The van der Waals surface area contributed by atoms with Crippen molar-refractivity contribution < 1.29 is 27.8 Å². The maximum absolute atomic E-state index is 14.8. The van der Waals surface area contributed by atoms with E-state index in [1.165, 1.54) is 19.2 Å². The Labute approximate surface area is 308 Å². The van der Waals surface area contributed by atoms with E-state index in [1.54, 1.807) is 24.0 Å². The minimum Gasteiger partial charge on any atom is -0.481 e. The van der Waals surface area contributed by atoms with Gasteiger partial charge in [0.15, 0.2) is 0 Å². The van der Waals surface area contributed by atoms with Gasteiger partial charge in [-0.3, -0.25) is 14.3 Å². The topological polar surface area (TPSA) is 85.7 Å². The lowest BCUT2D eigenvalue weighted by Crippen LogP contribution is -2.68. The quantitative estimate of drug-likeness (QED) is 0.0903. The molecule has 0 radical (unpaired) electrons. The highest BCUT2D eigenvalue weighted by molar-refractivity contribution is 7.62. The van der Waals surface area contributed by atoms with Crippen molar-refractivity contribution in [1.82, 2.24) is 4.98 Å². The van der Waals surface area contributed by atoms with Crippen molar-refractivity contribution in [1.29, 1.82) is 0 Å². The lowest BCUT2D eigenvalue weighted by Gasteiger charge is -2.45. The number of pyridine rings is 1. The summed E-state index contributed by atoms with van der Waals surface area (Å²) in [7, 11) is -5.49. The highest BCUT2D eigenvalue weighted by Gasteiger charge is 2.52. The van der Waals surface area contributed by atoms with Crippen LogP contribution in [0.25, 0.3) is 28.5 Å². The molecule has 4 aromatic carbocycles. The largest absolute Gasteiger partial charge is 0.481 e. The highest BCUT2D eigenvalue weighted by Crippen LogP contribution is 2.51. The molecule has 0 fully saturated rings. The van der Waals surface area contributed by atoms with Gasteiger partial charge in [0.2, 0.25) is 7.37 Å². The summed E-state index contributed by atoms with van der Waals surface area (Å²) in [6, 6.07) is 36.1. The fourth-order valence-corrected chi connectivity index (χ4v) is 13.4. The third-order valence-corrected chi connectivity index (χ3v) is 16.7. The molecule has 0 aliphatic heterocycles. The SMILES string of the molecule is CCc1nc(-c2ccccc2)c(C)c(-c2ccc(F)cc2)c1C=CP(=O)(C[C@H](CC(=O)O)O[Si](c1ccccc1)(c1ccccc1)C(C)(C)C)OC. The molecule has 0 aliphatic rings. The fraction of sp³-hybridized carbons (Fsp3) is 0.256. The molecule has 0 aliphatic carbocycles. The van der Waals surface area contributed by atoms with Crippen LogP contribution >= 0.6 is 7.37 Å². The summed E-state index contributed by atoms with van der Waals surface area (Å²) < 4.78 is 41.9. The summed E-state index contributed by atoms with van der Waals surface area (Å²) in [5.74, 6) is 0.153. The van der Waals surface area contributed by atoms with Gasteiger partial charge in [-0.05, 0) is 63.7 Å². The Balaban J connectivity index is 1.63. The number of nitrogens with zero attached hydrogens (tertiary/aromatic N) is 1. The molecular weight excluding hydrogens is 689 g/mol. The van der Waals surface area contributed by atoms with Crippen molar-refractivity contribution >= 4 is 38.1 Å². The number of carboxylic acids is 1. The lowest BCUT2D eigenvalue weighted by molar-refractivity contribution is -0.138. The molecule has 270 valence electrons. The van der Waals surface area contributed by atoms with Crippen LogP contribution in [0.4, 0.5) is 4.39 Å². The first-order chi connectivity index (χ1) is 24.8. The maximum Gasteiger partial charge on any atom is 0.305 e. The van der Waals surface area contributed by atoms with E-state index in [4.69, 9.17) is 13.9 Å². The third-order valence-electron chi connectivity index (χ3n) is 9.47. The van der Waals surface area contributed by atoms with Crippen LogP contribution in [-0.2, 0) is 24.7 Å². The third kappa shape index (κ3) is 8.43. The van der Waals surface area contributed by atoms with E-state index in [9.17, 15) is 18.9 Å². The monoisotopic (exact) mass is 735 g/mol. The summed E-state index contributed by atoms with van der Waals surface area (Å²) in [5, 5.41) is 11.7. The van der Waals surface area contributed by atoms with Crippen molar-refractivity contribution in [2.75, 3.05) is 13.3 Å². The predicted octanol–water partition coefficient (Wildman–Crippen LogP) is 9.74. The van der Waals surface area contributed by atoms with Gasteiger partial charge in [0, 0.05) is 29.7 Å². The summed E-state index contributed by atoms with van der Waals surface area (Å²) in [5.41, 5.74) is 5.80. The van der Waals surface area contributed by atoms with Crippen LogP contribution in [0.5, 0.6) is 0 Å². The molecule has 0 amide bonds. The van der Waals surface area contributed by atoms with Crippen molar-refractivity contribution in [3.63, 3.8) is 0 Å². The molecule has 0 bridgehead atoms. The van der Waals surface area contributed by atoms with Gasteiger partial charge in [0.05, 0.1) is 24.4 Å². The molecule has 1 unspecified atom stereocenters. The van der Waals surface area contributed by atoms with E-state index in [0.717, 1.165) is 49.6 Å². The molecule has 5 rings (SSSR count). The molecule has 1 heterocycles. The normalized spacial score (nSPS) is 13.9. The number of benzene rings is 4. The van der Waals surface area contributed by atoms with Gasteiger partial charge in [0.25, 0.3) is 8.32 Å². The van der Waals surface area contributed by atoms with Crippen LogP contribution in [0.2, 0.25) is 5.04 Å². The summed E-state index contributed by atoms with van der Waals surface area (Å²) in [6.07, 6.45) is 0.889. The number of hydrogen-bond donors (Lipinski definition) is 1. The molecule has 9 heteroatoms. The highest BCUT2D eigenvalue weighted by atomic mass is 31.2. The second kappa shape index (κ2) is 16.5. The number of aryl methyl sites for hydroxylation is 1. The van der Waals surface area contributed by atoms with Gasteiger partial charge in [0.1, 0.15) is 5.82 Å². The average molecular weight is 736 g/mol. The number of hydrogen-bond acceptors (Lipinski definition) is 5. The predicted molar refractivity (Wildman–Crippen MR) is 212 cm³/mol. The van der Waals surface area contributed by atoms with Gasteiger partial charge >= 0.3 is 5.97 Å². The fourth-order valence-electron chi connectivity index (χ4n) is 7.01. The first-order valence-electron chi connectivity index (χ1n) is 17.5. The van der Waals surface area contributed by atoms with Crippen LogP contribution in [-0.4, -0.2) is 43.8 Å². The van der Waals surface area contributed by atoms with E-state index in [1.807, 2.05) is 105 Å². The zero-order valence-corrected chi connectivity index (χ0v) is 32.6. The maximum atomic E-state index is 14.8. The van der Waals surface area contributed by atoms with Gasteiger partial charge in [-0.15, -0.1) is 0 Å². The first kappa shape index (κ1) is 38.8. The van der Waals surface area contributed by atoms with Crippen LogP contribution in [0.15, 0.2) is 121 Å². The molecule has 0 saturated heterocycles. The first-order valence-corrected chi connectivity index (χ1v) is 21.3. The van der Waals surface area contributed by atoms with E-state index < -0.39 is 32.8 Å². The smallest absolute Gasteiger partial charge is 0.305 e. The van der Waals surface area contributed by atoms with Gasteiger partial charge in [-0.25, -0.2) is 4.39 Å². The molecule has 52 heavy (non-hydrogen) atoms. The minimum absolute atomic E-state index is 0.154. The Hall–Kier alpha value is -4.46. The molecule has 5 aromatic rings. The molecule has 1 aromatic heterocycles. The van der Waals surface area contributed by atoms with Crippen molar-refractivity contribution in [2.24, 2.45) is 0 Å². The Morgan fingerprint density at radius 2 is 1.42 bits per heavy atom. The lowest BCUT2D eigenvalue weighted by atomic mass is 9.90. The Kier molecular flexibility index (Phi) is 12.3. The molecular formula is C43H47FNO5PSi. The second-order valence-corrected chi connectivity index (χ2v) is 20.7.